The van der Waals surface area contributed by atoms with Gasteiger partial charge in [-0.15, -0.1) is 0 Å². The van der Waals surface area contributed by atoms with Crippen molar-refractivity contribution in [2.75, 3.05) is 12.4 Å². The van der Waals surface area contributed by atoms with Crippen LogP contribution in [0.1, 0.15) is 5.56 Å². The van der Waals surface area contributed by atoms with E-state index in [1.54, 1.807) is 13.2 Å². The molecule has 4 heteroatoms. The number of pyridine rings is 1. The van der Waals surface area contributed by atoms with Gasteiger partial charge in [0.2, 0.25) is 0 Å². The fourth-order valence-corrected chi connectivity index (χ4v) is 0.787. The summed E-state index contributed by atoms with van der Waals surface area (Å²) < 4.78 is 0. The van der Waals surface area contributed by atoms with Gasteiger partial charge in [0, 0.05) is 13.2 Å². The molecule has 0 unspecified atom stereocenters. The summed E-state index contributed by atoms with van der Waals surface area (Å²) in [6, 6.07) is 3.46. The highest BCUT2D eigenvalue weighted by atomic mass is 16.2. The number of rotatable bonds is 1. The molecule has 0 bridgehead atoms. The third kappa shape index (κ3) is 1.95. The Morgan fingerprint density at radius 2 is 2.33 bits per heavy atom. The van der Waals surface area contributed by atoms with E-state index < -0.39 is 0 Å². The Kier molecular flexibility index (Phi) is 2.63. The minimum atomic E-state index is -0.253. The zero-order valence-corrected chi connectivity index (χ0v) is 7.09. The molecule has 4 nitrogen and oxygen atoms in total. The molecular weight excluding hydrogens is 154 g/mol. The van der Waals surface area contributed by atoms with E-state index >= 15 is 0 Å². The van der Waals surface area contributed by atoms with Crippen molar-refractivity contribution in [2.24, 2.45) is 0 Å². The van der Waals surface area contributed by atoms with Gasteiger partial charge in [-0.2, -0.15) is 0 Å². The molecule has 0 atom stereocenters. The number of amides is 2. The zero-order valence-electron chi connectivity index (χ0n) is 7.09. The summed E-state index contributed by atoms with van der Waals surface area (Å²) in [5.41, 5.74) is 0.945. The number of nitrogens with one attached hydrogen (secondary N) is 2. The summed E-state index contributed by atoms with van der Waals surface area (Å²) in [5, 5.41) is 5.05. The summed E-state index contributed by atoms with van der Waals surface area (Å²) in [4.78, 5) is 14.9. The molecule has 0 aromatic carbocycles. The monoisotopic (exact) mass is 165 g/mol. The van der Waals surface area contributed by atoms with Gasteiger partial charge < -0.3 is 5.32 Å². The van der Waals surface area contributed by atoms with E-state index in [1.807, 2.05) is 19.1 Å². The Hall–Kier alpha value is -1.58. The zero-order chi connectivity index (χ0) is 8.97. The molecule has 0 fully saturated rings. The summed E-state index contributed by atoms with van der Waals surface area (Å²) in [7, 11) is 1.56. The molecule has 0 saturated heterocycles. The number of urea groups is 1. The van der Waals surface area contributed by atoms with Crippen LogP contribution >= 0.6 is 0 Å². The van der Waals surface area contributed by atoms with Gasteiger partial charge in [0.05, 0.1) is 0 Å². The maximum Gasteiger partial charge on any atom is 0.320 e. The Bertz CT molecular complexity index is 285. The largest absolute Gasteiger partial charge is 0.341 e. The maximum absolute atomic E-state index is 10.9. The van der Waals surface area contributed by atoms with Crippen LogP contribution in [0, 0.1) is 6.92 Å². The Balaban J connectivity index is 2.75. The second-order valence-corrected chi connectivity index (χ2v) is 2.37. The average molecular weight is 165 g/mol. The number of hydrogen-bond acceptors (Lipinski definition) is 2. The van der Waals surface area contributed by atoms with Crippen molar-refractivity contribution in [2.45, 2.75) is 6.92 Å². The second-order valence-electron chi connectivity index (χ2n) is 2.37. The van der Waals surface area contributed by atoms with E-state index in [1.165, 1.54) is 0 Å². The molecule has 64 valence electrons. The van der Waals surface area contributed by atoms with Crippen molar-refractivity contribution < 1.29 is 4.79 Å². The van der Waals surface area contributed by atoms with Crippen LogP contribution in [0.5, 0.6) is 0 Å². The number of aromatic nitrogens is 1. The Morgan fingerprint density at radius 3 is 2.92 bits per heavy atom. The summed E-state index contributed by atoms with van der Waals surface area (Å²) >= 11 is 0. The van der Waals surface area contributed by atoms with Crippen molar-refractivity contribution in [3.05, 3.63) is 23.9 Å². The van der Waals surface area contributed by atoms with E-state index in [-0.39, 0.29) is 6.03 Å². The topological polar surface area (TPSA) is 54.0 Å². The molecule has 0 aliphatic rings. The smallest absolute Gasteiger partial charge is 0.320 e. The number of hydrogen-bond donors (Lipinski definition) is 2. The number of anilines is 1. The van der Waals surface area contributed by atoms with Crippen molar-refractivity contribution in [1.29, 1.82) is 0 Å². The highest BCUT2D eigenvalue weighted by Crippen LogP contribution is 2.07. The van der Waals surface area contributed by atoms with E-state index in [2.05, 4.69) is 15.6 Å². The molecule has 0 radical (unpaired) electrons. The SMILES string of the molecule is CNC(=O)Nc1ncccc1C. The van der Waals surface area contributed by atoms with Crippen molar-refractivity contribution in [3.8, 4) is 0 Å². The third-order valence-corrected chi connectivity index (χ3v) is 1.47. The molecule has 0 spiro atoms. The van der Waals surface area contributed by atoms with Crippen molar-refractivity contribution in [3.63, 3.8) is 0 Å². The first kappa shape index (κ1) is 8.52. The Labute approximate surface area is 71.0 Å². The molecular formula is C8H11N3O. The van der Waals surface area contributed by atoms with E-state index in [0.29, 0.717) is 5.82 Å². The molecule has 0 aliphatic carbocycles. The van der Waals surface area contributed by atoms with Crippen LogP contribution < -0.4 is 10.6 Å². The standard InChI is InChI=1S/C8H11N3O/c1-6-4-3-5-10-7(6)11-8(12)9-2/h3-5H,1-2H3,(H2,9,10,11,12). The maximum atomic E-state index is 10.9. The van der Waals surface area contributed by atoms with Gasteiger partial charge in [-0.25, -0.2) is 9.78 Å². The Morgan fingerprint density at radius 1 is 1.58 bits per heavy atom. The van der Waals surface area contributed by atoms with Crippen molar-refractivity contribution in [1.82, 2.24) is 10.3 Å². The van der Waals surface area contributed by atoms with Gasteiger partial charge in [-0.3, -0.25) is 5.32 Å². The molecule has 12 heavy (non-hydrogen) atoms. The highest BCUT2D eigenvalue weighted by molar-refractivity contribution is 5.88. The number of carbonyl (C=O) groups excluding carboxylic acids is 1. The fraction of sp³-hybridized carbons (Fsp3) is 0.250. The number of nitrogens with zero attached hydrogens (tertiary/aromatic N) is 1. The molecule has 1 aromatic heterocycles. The van der Waals surface area contributed by atoms with Crippen LogP contribution in [-0.2, 0) is 0 Å². The quantitative estimate of drug-likeness (QED) is 0.655. The van der Waals surface area contributed by atoms with Crippen LogP contribution in [0.4, 0.5) is 10.6 Å². The van der Waals surface area contributed by atoms with E-state index in [0.717, 1.165) is 5.56 Å². The highest BCUT2D eigenvalue weighted by Gasteiger charge is 2.00. The van der Waals surface area contributed by atoms with E-state index in [9.17, 15) is 4.79 Å². The third-order valence-electron chi connectivity index (χ3n) is 1.47. The first-order valence-corrected chi connectivity index (χ1v) is 3.64. The lowest BCUT2D eigenvalue weighted by atomic mass is 10.3. The predicted molar refractivity (Wildman–Crippen MR) is 47.1 cm³/mol. The molecule has 0 saturated carbocycles. The van der Waals surface area contributed by atoms with Gasteiger partial charge in [0.15, 0.2) is 0 Å². The second kappa shape index (κ2) is 3.71. The average Bonchev–Trinajstić information content (AvgIpc) is 2.09. The van der Waals surface area contributed by atoms with Crippen LogP contribution in [0.2, 0.25) is 0 Å². The lowest BCUT2D eigenvalue weighted by Gasteiger charge is -2.04. The lowest BCUT2D eigenvalue weighted by molar-refractivity contribution is 0.254. The lowest BCUT2D eigenvalue weighted by Crippen LogP contribution is -2.25. The fourth-order valence-electron chi connectivity index (χ4n) is 0.787. The molecule has 1 rings (SSSR count). The van der Waals surface area contributed by atoms with Crippen LogP contribution in [0.15, 0.2) is 18.3 Å². The molecule has 2 amide bonds. The predicted octanol–water partition coefficient (Wildman–Crippen LogP) is 1.14. The molecule has 1 aromatic rings. The molecule has 1 heterocycles. The first-order chi connectivity index (χ1) is 5.74. The van der Waals surface area contributed by atoms with Gasteiger partial charge in [-0.05, 0) is 18.6 Å². The van der Waals surface area contributed by atoms with Crippen LogP contribution in [0.25, 0.3) is 0 Å². The molecule has 2 N–H and O–H groups in total. The minimum Gasteiger partial charge on any atom is -0.341 e. The molecule has 0 aliphatic heterocycles. The summed E-state index contributed by atoms with van der Waals surface area (Å²) in [6.07, 6.45) is 1.64. The van der Waals surface area contributed by atoms with Crippen LogP contribution in [0.3, 0.4) is 0 Å². The van der Waals surface area contributed by atoms with Gasteiger partial charge in [0.1, 0.15) is 5.82 Å². The number of aryl methyl sites for hydroxylation is 1. The van der Waals surface area contributed by atoms with Gasteiger partial charge in [0.25, 0.3) is 0 Å². The normalized spacial score (nSPS) is 9.17. The van der Waals surface area contributed by atoms with E-state index in [4.69, 9.17) is 0 Å². The van der Waals surface area contributed by atoms with Gasteiger partial charge >= 0.3 is 6.03 Å². The van der Waals surface area contributed by atoms with Crippen molar-refractivity contribution >= 4 is 11.8 Å². The summed E-state index contributed by atoms with van der Waals surface area (Å²) in [5.74, 6) is 0.594. The van der Waals surface area contributed by atoms with Gasteiger partial charge in [-0.1, -0.05) is 6.07 Å². The number of carbonyl (C=O) groups is 1. The van der Waals surface area contributed by atoms with Crippen LogP contribution in [-0.4, -0.2) is 18.1 Å². The first-order valence-electron chi connectivity index (χ1n) is 3.64. The summed E-state index contributed by atoms with van der Waals surface area (Å²) in [6.45, 7) is 1.89. The minimum absolute atomic E-state index is 0.253.